The number of ether oxygens (including phenoxy) is 3. The van der Waals surface area contributed by atoms with Crippen molar-refractivity contribution >= 4 is 17.5 Å². The zero-order chi connectivity index (χ0) is 19.2. The quantitative estimate of drug-likeness (QED) is 0.702. The Morgan fingerprint density at radius 2 is 2.07 bits per heavy atom. The first kappa shape index (κ1) is 19.5. The SMILES string of the molecule is CC(C)COCCCNC(=O)[C@H]1CC(=O)N(c2ccc3c(c2)OCCO3)C1. The van der Waals surface area contributed by atoms with E-state index in [-0.39, 0.29) is 24.2 Å². The van der Waals surface area contributed by atoms with Crippen molar-refractivity contribution in [1.82, 2.24) is 5.32 Å². The molecule has 1 aromatic carbocycles. The summed E-state index contributed by atoms with van der Waals surface area (Å²) in [6.07, 6.45) is 0.995. The molecule has 0 unspecified atom stereocenters. The third-order valence-electron chi connectivity index (χ3n) is 4.55. The van der Waals surface area contributed by atoms with Gasteiger partial charge in [0.1, 0.15) is 13.2 Å². The van der Waals surface area contributed by atoms with Gasteiger partial charge in [-0.25, -0.2) is 0 Å². The lowest BCUT2D eigenvalue weighted by atomic mass is 10.1. The molecule has 7 heteroatoms. The van der Waals surface area contributed by atoms with E-state index in [1.807, 2.05) is 12.1 Å². The summed E-state index contributed by atoms with van der Waals surface area (Å²) in [5, 5.41) is 2.91. The number of carbonyl (C=O) groups is 2. The van der Waals surface area contributed by atoms with Gasteiger partial charge in [-0.3, -0.25) is 9.59 Å². The average molecular weight is 376 g/mol. The molecule has 1 saturated heterocycles. The smallest absolute Gasteiger partial charge is 0.227 e. The van der Waals surface area contributed by atoms with Crippen LogP contribution in [-0.2, 0) is 14.3 Å². The first-order valence-electron chi connectivity index (χ1n) is 9.60. The Morgan fingerprint density at radius 3 is 2.85 bits per heavy atom. The molecule has 1 atom stereocenters. The van der Waals surface area contributed by atoms with Crippen LogP contribution in [0.1, 0.15) is 26.7 Å². The standard InChI is InChI=1S/C20H28N2O5/c1-14(2)13-25-7-3-6-21-20(24)15-10-19(23)22(12-15)16-4-5-17-18(11-16)27-9-8-26-17/h4-5,11,14-15H,3,6-10,12-13H2,1-2H3,(H,21,24)/t15-/m0/s1. The van der Waals surface area contributed by atoms with Gasteiger partial charge in [0.25, 0.3) is 0 Å². The maximum absolute atomic E-state index is 12.4. The minimum atomic E-state index is -0.331. The number of benzene rings is 1. The molecule has 2 amide bonds. The topological polar surface area (TPSA) is 77.1 Å². The number of amides is 2. The molecule has 1 N–H and O–H groups in total. The molecule has 0 saturated carbocycles. The highest BCUT2D eigenvalue weighted by atomic mass is 16.6. The molecule has 3 rings (SSSR count). The number of anilines is 1. The van der Waals surface area contributed by atoms with Crippen LogP contribution in [-0.4, -0.2) is 51.3 Å². The molecule has 2 aliphatic rings. The molecule has 0 spiro atoms. The number of hydrogen-bond donors (Lipinski definition) is 1. The fourth-order valence-electron chi connectivity index (χ4n) is 3.18. The van der Waals surface area contributed by atoms with E-state index in [2.05, 4.69) is 19.2 Å². The van der Waals surface area contributed by atoms with Gasteiger partial charge in [-0.1, -0.05) is 13.8 Å². The summed E-state index contributed by atoms with van der Waals surface area (Å²) in [4.78, 5) is 26.4. The second-order valence-electron chi connectivity index (χ2n) is 7.35. The zero-order valence-corrected chi connectivity index (χ0v) is 16.0. The van der Waals surface area contributed by atoms with E-state index in [0.717, 1.165) is 18.7 Å². The maximum atomic E-state index is 12.4. The number of hydrogen-bond acceptors (Lipinski definition) is 5. The highest BCUT2D eigenvalue weighted by Gasteiger charge is 2.35. The van der Waals surface area contributed by atoms with Gasteiger partial charge >= 0.3 is 0 Å². The number of nitrogens with zero attached hydrogens (tertiary/aromatic N) is 1. The molecule has 2 heterocycles. The highest BCUT2D eigenvalue weighted by Crippen LogP contribution is 2.35. The summed E-state index contributed by atoms with van der Waals surface area (Å²) in [6, 6.07) is 5.44. The van der Waals surface area contributed by atoms with Crippen LogP contribution in [0.4, 0.5) is 5.69 Å². The van der Waals surface area contributed by atoms with Crippen LogP contribution in [0.2, 0.25) is 0 Å². The van der Waals surface area contributed by atoms with Gasteiger partial charge in [0.15, 0.2) is 11.5 Å². The van der Waals surface area contributed by atoms with Crippen molar-refractivity contribution in [1.29, 1.82) is 0 Å². The molecule has 1 fully saturated rings. The van der Waals surface area contributed by atoms with Gasteiger partial charge < -0.3 is 24.4 Å². The number of rotatable bonds is 8. The third kappa shape index (κ3) is 5.13. The lowest BCUT2D eigenvalue weighted by Crippen LogP contribution is -2.34. The summed E-state index contributed by atoms with van der Waals surface area (Å²) >= 11 is 0. The lowest BCUT2D eigenvalue weighted by Gasteiger charge is -2.22. The molecule has 148 valence electrons. The van der Waals surface area contributed by atoms with Crippen molar-refractivity contribution in [3.05, 3.63) is 18.2 Å². The predicted molar refractivity (Wildman–Crippen MR) is 101 cm³/mol. The van der Waals surface area contributed by atoms with E-state index in [1.165, 1.54) is 0 Å². The molecule has 0 aliphatic carbocycles. The summed E-state index contributed by atoms with van der Waals surface area (Å²) < 4.78 is 16.6. The molecule has 2 aliphatic heterocycles. The largest absolute Gasteiger partial charge is 0.486 e. The number of fused-ring (bicyclic) bond motifs is 1. The van der Waals surface area contributed by atoms with Crippen molar-refractivity contribution in [3.63, 3.8) is 0 Å². The molecule has 0 aromatic heterocycles. The summed E-state index contributed by atoms with van der Waals surface area (Å²) in [5.74, 6) is 1.38. The van der Waals surface area contributed by atoms with Crippen molar-refractivity contribution in [3.8, 4) is 11.5 Å². The second-order valence-corrected chi connectivity index (χ2v) is 7.35. The monoisotopic (exact) mass is 376 g/mol. The molecule has 7 nitrogen and oxygen atoms in total. The summed E-state index contributed by atoms with van der Waals surface area (Å²) in [6.45, 7) is 7.54. The van der Waals surface area contributed by atoms with Crippen molar-refractivity contribution in [2.45, 2.75) is 26.7 Å². The fourth-order valence-corrected chi connectivity index (χ4v) is 3.18. The zero-order valence-electron chi connectivity index (χ0n) is 16.0. The average Bonchev–Trinajstić information content (AvgIpc) is 3.05. The summed E-state index contributed by atoms with van der Waals surface area (Å²) in [7, 11) is 0. The third-order valence-corrected chi connectivity index (χ3v) is 4.55. The van der Waals surface area contributed by atoms with Crippen molar-refractivity contribution in [2.24, 2.45) is 11.8 Å². The van der Waals surface area contributed by atoms with Gasteiger partial charge in [0.2, 0.25) is 11.8 Å². The van der Waals surface area contributed by atoms with E-state index >= 15 is 0 Å². The Bertz CT molecular complexity index is 676. The predicted octanol–water partition coefficient (Wildman–Crippen LogP) is 1.99. The van der Waals surface area contributed by atoms with Crippen LogP contribution in [0.25, 0.3) is 0 Å². The van der Waals surface area contributed by atoms with Gasteiger partial charge in [-0.2, -0.15) is 0 Å². The van der Waals surface area contributed by atoms with Crippen LogP contribution in [0.15, 0.2) is 18.2 Å². The van der Waals surface area contributed by atoms with Crippen LogP contribution in [0.5, 0.6) is 11.5 Å². The first-order valence-corrected chi connectivity index (χ1v) is 9.60. The Balaban J connectivity index is 1.48. The highest BCUT2D eigenvalue weighted by molar-refractivity contribution is 6.00. The lowest BCUT2D eigenvalue weighted by molar-refractivity contribution is -0.126. The van der Waals surface area contributed by atoms with Gasteiger partial charge in [-0.05, 0) is 24.5 Å². The van der Waals surface area contributed by atoms with Gasteiger partial charge in [-0.15, -0.1) is 0 Å². The van der Waals surface area contributed by atoms with E-state index in [4.69, 9.17) is 14.2 Å². The van der Waals surface area contributed by atoms with E-state index in [9.17, 15) is 9.59 Å². The Morgan fingerprint density at radius 1 is 1.30 bits per heavy atom. The van der Waals surface area contributed by atoms with Gasteiger partial charge in [0, 0.05) is 44.5 Å². The number of carbonyl (C=O) groups excluding carboxylic acids is 2. The summed E-state index contributed by atoms with van der Waals surface area (Å²) in [5.41, 5.74) is 0.738. The normalized spacial score (nSPS) is 18.9. The molecule has 0 radical (unpaired) electrons. The Kier molecular flexibility index (Phi) is 6.55. The Labute approximate surface area is 160 Å². The molecular formula is C20H28N2O5. The van der Waals surface area contributed by atoms with Crippen LogP contribution in [0.3, 0.4) is 0 Å². The van der Waals surface area contributed by atoms with E-state index < -0.39 is 0 Å². The van der Waals surface area contributed by atoms with E-state index in [1.54, 1.807) is 11.0 Å². The maximum Gasteiger partial charge on any atom is 0.227 e. The fraction of sp³-hybridized carbons (Fsp3) is 0.600. The molecule has 27 heavy (non-hydrogen) atoms. The van der Waals surface area contributed by atoms with Crippen LogP contribution < -0.4 is 19.7 Å². The molecular weight excluding hydrogens is 348 g/mol. The molecule has 0 bridgehead atoms. The van der Waals surface area contributed by atoms with Crippen LogP contribution >= 0.6 is 0 Å². The Hall–Kier alpha value is -2.28. The first-order chi connectivity index (χ1) is 13.0. The van der Waals surface area contributed by atoms with Crippen molar-refractivity contribution in [2.75, 3.05) is 44.4 Å². The second kappa shape index (κ2) is 9.08. The van der Waals surface area contributed by atoms with Gasteiger partial charge in [0.05, 0.1) is 5.92 Å². The number of nitrogens with one attached hydrogen (secondary N) is 1. The minimum absolute atomic E-state index is 0.0490. The molecule has 1 aromatic rings. The van der Waals surface area contributed by atoms with E-state index in [0.29, 0.717) is 50.3 Å². The van der Waals surface area contributed by atoms with Crippen molar-refractivity contribution < 1.29 is 23.8 Å². The van der Waals surface area contributed by atoms with Crippen LogP contribution in [0, 0.1) is 11.8 Å². The minimum Gasteiger partial charge on any atom is -0.486 e.